The number of rotatable bonds is 14. The summed E-state index contributed by atoms with van der Waals surface area (Å²) >= 11 is 1.43. The zero-order valence-corrected chi connectivity index (χ0v) is 26.0. The van der Waals surface area contributed by atoms with Gasteiger partial charge in [0.25, 0.3) is 5.91 Å². The molecule has 1 aromatic heterocycles. The van der Waals surface area contributed by atoms with E-state index in [-0.39, 0.29) is 38.7 Å². The van der Waals surface area contributed by atoms with E-state index in [0.29, 0.717) is 30.1 Å². The number of methoxy groups -OCH3 is 3. The number of halogens is 6. The Bertz CT molecular complexity index is 1420. The maximum absolute atomic E-state index is 13.8. The third-order valence-electron chi connectivity index (χ3n) is 7.00. The fourth-order valence-corrected chi connectivity index (χ4v) is 5.43. The van der Waals surface area contributed by atoms with Crippen LogP contribution >= 0.6 is 11.3 Å². The molecule has 0 aliphatic carbocycles. The molecular formula is C31H34F6N2O5S. The van der Waals surface area contributed by atoms with Crippen LogP contribution in [0.3, 0.4) is 0 Å². The topological polar surface area (TPSA) is 68.3 Å². The lowest BCUT2D eigenvalue weighted by atomic mass is 10.0. The zero-order chi connectivity index (χ0) is 33.4. The van der Waals surface area contributed by atoms with Crippen molar-refractivity contribution in [3.05, 3.63) is 80.5 Å². The van der Waals surface area contributed by atoms with Crippen LogP contribution in [0.5, 0.6) is 11.5 Å². The molecule has 0 spiro atoms. The van der Waals surface area contributed by atoms with Crippen LogP contribution in [0, 0.1) is 6.92 Å². The van der Waals surface area contributed by atoms with Crippen LogP contribution < -0.4 is 9.47 Å². The Kier molecular flexibility index (Phi) is 12.3. The summed E-state index contributed by atoms with van der Waals surface area (Å²) in [6.45, 7) is 1.71. The number of ether oxygens (including phenoxy) is 3. The van der Waals surface area contributed by atoms with Crippen molar-refractivity contribution in [1.82, 2.24) is 9.80 Å². The van der Waals surface area contributed by atoms with Crippen LogP contribution in [-0.2, 0) is 34.8 Å². The van der Waals surface area contributed by atoms with Crippen molar-refractivity contribution in [1.29, 1.82) is 0 Å². The summed E-state index contributed by atoms with van der Waals surface area (Å²) in [6, 6.07) is 7.89. The summed E-state index contributed by atoms with van der Waals surface area (Å²) in [5.41, 5.74) is -2.29. The van der Waals surface area contributed by atoms with Gasteiger partial charge in [0.05, 0.1) is 31.9 Å². The Labute approximate surface area is 261 Å². The molecule has 7 nitrogen and oxygen atoms in total. The maximum atomic E-state index is 13.8. The first-order valence-corrected chi connectivity index (χ1v) is 14.6. The number of carbonyl (C=O) groups excluding carboxylic acids is 2. The molecular weight excluding hydrogens is 626 g/mol. The summed E-state index contributed by atoms with van der Waals surface area (Å²) in [7, 11) is 4.40. The van der Waals surface area contributed by atoms with E-state index in [2.05, 4.69) is 0 Å². The van der Waals surface area contributed by atoms with Gasteiger partial charge < -0.3 is 24.0 Å². The van der Waals surface area contributed by atoms with Gasteiger partial charge in [-0.15, -0.1) is 11.3 Å². The predicted octanol–water partition coefficient (Wildman–Crippen LogP) is 6.86. The normalized spacial score (nSPS) is 11.8. The van der Waals surface area contributed by atoms with Crippen LogP contribution in [-0.4, -0.2) is 69.2 Å². The van der Waals surface area contributed by atoms with Gasteiger partial charge in [-0.05, 0) is 72.7 Å². The van der Waals surface area contributed by atoms with Gasteiger partial charge in [0, 0.05) is 37.2 Å². The molecule has 2 amide bonds. The average Bonchev–Trinajstić information content (AvgIpc) is 3.40. The molecule has 246 valence electrons. The minimum absolute atomic E-state index is 0.0452. The molecule has 0 aliphatic heterocycles. The molecule has 45 heavy (non-hydrogen) atoms. The molecule has 3 aromatic rings. The van der Waals surface area contributed by atoms with Crippen LogP contribution in [0.15, 0.2) is 47.8 Å². The number of alkyl halides is 6. The summed E-state index contributed by atoms with van der Waals surface area (Å²) in [6.07, 6.45) is -9.69. The second kappa shape index (κ2) is 15.5. The minimum Gasteiger partial charge on any atom is -0.493 e. The Morgan fingerprint density at radius 2 is 1.47 bits per heavy atom. The molecule has 0 fully saturated rings. The molecule has 0 atom stereocenters. The Hall–Kier alpha value is -3.78. The molecule has 0 saturated carbocycles. The van der Waals surface area contributed by atoms with Crippen LogP contribution in [0.4, 0.5) is 26.3 Å². The number of benzene rings is 2. The lowest BCUT2D eigenvalue weighted by Crippen LogP contribution is -2.44. The van der Waals surface area contributed by atoms with Crippen molar-refractivity contribution in [3.8, 4) is 11.5 Å². The van der Waals surface area contributed by atoms with E-state index in [4.69, 9.17) is 14.2 Å². The highest BCUT2D eigenvalue weighted by Crippen LogP contribution is 2.36. The van der Waals surface area contributed by atoms with Gasteiger partial charge in [0.2, 0.25) is 5.91 Å². The molecule has 0 saturated heterocycles. The van der Waals surface area contributed by atoms with E-state index in [0.717, 1.165) is 20.9 Å². The van der Waals surface area contributed by atoms with E-state index >= 15 is 0 Å². The third kappa shape index (κ3) is 9.85. The second-order valence-electron chi connectivity index (χ2n) is 10.1. The highest BCUT2D eigenvalue weighted by atomic mass is 32.1. The lowest BCUT2D eigenvalue weighted by molar-refractivity contribution is -0.143. The van der Waals surface area contributed by atoms with E-state index in [1.165, 1.54) is 37.6 Å². The van der Waals surface area contributed by atoms with Crippen LogP contribution in [0.2, 0.25) is 0 Å². The minimum atomic E-state index is -5.13. The third-order valence-corrected chi connectivity index (χ3v) is 8.01. The standard InChI is InChI=1S/C31H34F6N2O5S/c1-20-9-13-45-27(20)18-38(11-8-21-6-7-25(43-3)26(14-21)44-4)28(40)19-39(10-5-12-42-2)29(41)22-15-23(30(32,33)34)17-24(16-22)31(35,36)37/h6-7,9,13-17H,5,8,10-12,18-19H2,1-4H3. The van der Waals surface area contributed by atoms with Gasteiger partial charge in [0.15, 0.2) is 11.5 Å². The number of hydrogen-bond donors (Lipinski definition) is 0. The molecule has 0 radical (unpaired) electrons. The monoisotopic (exact) mass is 660 g/mol. The second-order valence-corrected chi connectivity index (χ2v) is 11.1. The van der Waals surface area contributed by atoms with Crippen LogP contribution in [0.1, 0.15) is 43.9 Å². The van der Waals surface area contributed by atoms with Gasteiger partial charge in [-0.25, -0.2) is 0 Å². The molecule has 14 heteroatoms. The number of amides is 2. The number of nitrogens with zero attached hydrogens (tertiary/aromatic N) is 2. The Balaban J connectivity index is 1.93. The van der Waals surface area contributed by atoms with Crippen molar-refractivity contribution in [2.24, 2.45) is 0 Å². The van der Waals surface area contributed by atoms with E-state index in [9.17, 15) is 35.9 Å². The van der Waals surface area contributed by atoms with Gasteiger partial charge >= 0.3 is 12.4 Å². The van der Waals surface area contributed by atoms with Crippen molar-refractivity contribution < 1.29 is 50.1 Å². The lowest BCUT2D eigenvalue weighted by Gasteiger charge is -2.28. The SMILES string of the molecule is COCCCN(CC(=O)N(CCc1ccc(OC)c(OC)c1)Cc1sccc1C)C(=O)c1cc(C(F)(F)F)cc(C(F)(F)F)c1. The van der Waals surface area contributed by atoms with Gasteiger partial charge in [-0.1, -0.05) is 6.07 Å². The maximum Gasteiger partial charge on any atom is 0.416 e. The molecule has 3 rings (SSSR count). The van der Waals surface area contributed by atoms with Gasteiger partial charge in [-0.3, -0.25) is 9.59 Å². The Morgan fingerprint density at radius 1 is 0.822 bits per heavy atom. The smallest absolute Gasteiger partial charge is 0.416 e. The fraction of sp³-hybridized carbons (Fsp3) is 0.419. The fourth-order valence-electron chi connectivity index (χ4n) is 4.51. The zero-order valence-electron chi connectivity index (χ0n) is 25.2. The van der Waals surface area contributed by atoms with Crippen molar-refractivity contribution in [2.45, 2.75) is 38.7 Å². The molecule has 0 aliphatic rings. The predicted molar refractivity (Wildman–Crippen MR) is 157 cm³/mol. The molecule has 0 bridgehead atoms. The van der Waals surface area contributed by atoms with E-state index in [1.807, 2.05) is 24.4 Å². The quantitative estimate of drug-likeness (QED) is 0.140. The number of hydrogen-bond acceptors (Lipinski definition) is 6. The van der Waals surface area contributed by atoms with Crippen molar-refractivity contribution in [2.75, 3.05) is 47.6 Å². The van der Waals surface area contributed by atoms with E-state index in [1.54, 1.807) is 12.1 Å². The summed E-state index contributed by atoms with van der Waals surface area (Å²) in [5.74, 6) is -0.645. The molecule has 1 heterocycles. The molecule has 0 unspecified atom stereocenters. The average molecular weight is 661 g/mol. The first-order chi connectivity index (χ1) is 21.2. The first-order valence-electron chi connectivity index (χ1n) is 13.8. The molecule has 0 N–H and O–H groups in total. The molecule has 2 aromatic carbocycles. The summed E-state index contributed by atoms with van der Waals surface area (Å²) in [4.78, 5) is 30.6. The largest absolute Gasteiger partial charge is 0.493 e. The van der Waals surface area contributed by atoms with Gasteiger partial charge in [0.1, 0.15) is 6.54 Å². The number of aryl methyl sites for hydroxylation is 1. The highest BCUT2D eigenvalue weighted by Gasteiger charge is 2.38. The van der Waals surface area contributed by atoms with Crippen LogP contribution in [0.25, 0.3) is 0 Å². The highest BCUT2D eigenvalue weighted by molar-refractivity contribution is 7.10. The Morgan fingerprint density at radius 3 is 2.00 bits per heavy atom. The summed E-state index contributed by atoms with van der Waals surface area (Å²) in [5, 5.41) is 1.87. The summed E-state index contributed by atoms with van der Waals surface area (Å²) < 4.78 is 96.7. The number of carbonyl (C=O) groups is 2. The van der Waals surface area contributed by atoms with Crippen molar-refractivity contribution in [3.63, 3.8) is 0 Å². The van der Waals surface area contributed by atoms with Crippen molar-refractivity contribution >= 4 is 23.2 Å². The first kappa shape index (κ1) is 35.7. The van der Waals surface area contributed by atoms with Gasteiger partial charge in [-0.2, -0.15) is 26.3 Å². The van der Waals surface area contributed by atoms with E-state index < -0.39 is 47.4 Å². The number of thiophene rings is 1.